The monoisotopic (exact) mass is 329 g/mol. The fourth-order valence-corrected chi connectivity index (χ4v) is 2.44. The topological polar surface area (TPSA) is 89.0 Å². The minimum atomic E-state index is -0.486. The summed E-state index contributed by atoms with van der Waals surface area (Å²) in [6.07, 6.45) is 0.239. The Bertz CT molecular complexity index is 522. The number of nitrogens with two attached hydrogens (primary N) is 1. The molecule has 0 saturated heterocycles. The van der Waals surface area contributed by atoms with Crippen molar-refractivity contribution in [1.29, 1.82) is 5.26 Å². The molecule has 5 nitrogen and oxygen atoms in total. The van der Waals surface area contributed by atoms with Gasteiger partial charge in [-0.2, -0.15) is 5.26 Å². The predicted molar refractivity (Wildman–Crippen MR) is 64.5 cm³/mol. The van der Waals surface area contributed by atoms with Crippen LogP contribution in [0.2, 0.25) is 0 Å². The van der Waals surface area contributed by atoms with Gasteiger partial charge in [0.25, 0.3) is 0 Å². The van der Waals surface area contributed by atoms with Gasteiger partial charge in [0.05, 0.1) is 5.56 Å². The minimum Gasteiger partial charge on any atom is -0.454 e. The third-order valence-electron chi connectivity index (χ3n) is 2.48. The summed E-state index contributed by atoms with van der Waals surface area (Å²) in [5, 5.41) is 9.07. The van der Waals surface area contributed by atoms with Crippen LogP contribution in [0.15, 0.2) is 0 Å². The average Bonchev–Trinajstić information content (AvgIpc) is 2.56. The van der Waals surface area contributed by atoms with Crippen molar-refractivity contribution >= 4 is 34.4 Å². The second kappa shape index (κ2) is 3.90. The maximum atomic E-state index is 11.6. The summed E-state index contributed by atoms with van der Waals surface area (Å²) in [5.41, 5.74) is 6.91. The van der Waals surface area contributed by atoms with Crippen LogP contribution in [0.25, 0.3) is 0 Å². The molecule has 0 amide bonds. The largest absolute Gasteiger partial charge is 0.454 e. The number of ether oxygens (including phenoxy) is 1. The second-order valence-corrected chi connectivity index (χ2v) is 4.39. The maximum Gasteiger partial charge on any atom is 0.342 e. The van der Waals surface area contributed by atoms with E-state index in [1.165, 1.54) is 0 Å². The van der Waals surface area contributed by atoms with Gasteiger partial charge < -0.3 is 10.5 Å². The number of carbonyl (C=O) groups excluding carboxylic acids is 1. The summed E-state index contributed by atoms with van der Waals surface area (Å²) in [5.74, 6) is -0.348. The molecule has 1 aromatic heterocycles. The van der Waals surface area contributed by atoms with E-state index in [4.69, 9.17) is 15.7 Å². The predicted octanol–water partition coefficient (Wildman–Crippen LogP) is 1.76. The summed E-state index contributed by atoms with van der Waals surface area (Å²) >= 11 is 1.93. The van der Waals surface area contributed by atoms with Gasteiger partial charge in [-0.05, 0) is 29.0 Å². The van der Waals surface area contributed by atoms with Crippen LogP contribution in [0.1, 0.15) is 40.9 Å². The molecule has 1 aliphatic heterocycles. The van der Waals surface area contributed by atoms with Crippen LogP contribution in [-0.2, 0) is 4.74 Å². The van der Waals surface area contributed by atoms with E-state index < -0.39 is 5.97 Å². The van der Waals surface area contributed by atoms with E-state index in [9.17, 15) is 4.79 Å². The van der Waals surface area contributed by atoms with Gasteiger partial charge >= 0.3 is 5.97 Å². The van der Waals surface area contributed by atoms with Crippen LogP contribution >= 0.6 is 22.6 Å². The first-order valence-electron chi connectivity index (χ1n) is 4.70. The fraction of sp³-hybridized carbons (Fsp3) is 0.300. The van der Waals surface area contributed by atoms with Gasteiger partial charge in [0.15, 0.2) is 0 Å². The highest BCUT2D eigenvalue weighted by Gasteiger charge is 2.36. The van der Waals surface area contributed by atoms with Crippen LogP contribution in [0.4, 0.5) is 5.82 Å². The lowest BCUT2D eigenvalue weighted by Crippen LogP contribution is -2.06. The summed E-state index contributed by atoms with van der Waals surface area (Å²) in [4.78, 5) is 15.6. The second-order valence-electron chi connectivity index (χ2n) is 3.37. The molecule has 0 saturated carbocycles. The number of hydrogen-bond donors (Lipinski definition) is 1. The van der Waals surface area contributed by atoms with Crippen molar-refractivity contribution in [2.45, 2.75) is 19.4 Å². The van der Waals surface area contributed by atoms with Gasteiger partial charge in [0, 0.05) is 5.56 Å². The SMILES string of the molecule is CCC1OC(=O)c2c(N)nc(I)c(C#N)c21. The van der Waals surface area contributed by atoms with Crippen molar-refractivity contribution < 1.29 is 9.53 Å². The van der Waals surface area contributed by atoms with E-state index in [1.54, 1.807) is 0 Å². The Labute approximate surface area is 106 Å². The van der Waals surface area contributed by atoms with Crippen LogP contribution in [0.3, 0.4) is 0 Å². The summed E-state index contributed by atoms with van der Waals surface area (Å²) < 4.78 is 5.65. The van der Waals surface area contributed by atoms with Crippen LogP contribution in [0.5, 0.6) is 0 Å². The highest BCUT2D eigenvalue weighted by Crippen LogP contribution is 2.38. The van der Waals surface area contributed by atoms with Crippen molar-refractivity contribution in [1.82, 2.24) is 4.98 Å². The van der Waals surface area contributed by atoms with Crippen molar-refractivity contribution in [3.63, 3.8) is 0 Å². The molecule has 2 heterocycles. The number of fused-ring (bicyclic) bond motifs is 1. The molecule has 6 heteroatoms. The van der Waals surface area contributed by atoms with Crippen LogP contribution in [0, 0.1) is 15.0 Å². The number of hydrogen-bond acceptors (Lipinski definition) is 5. The van der Waals surface area contributed by atoms with Gasteiger partial charge in [-0.15, -0.1) is 0 Å². The van der Waals surface area contributed by atoms with Gasteiger partial charge in [0.1, 0.15) is 27.3 Å². The van der Waals surface area contributed by atoms with Crippen LogP contribution in [-0.4, -0.2) is 11.0 Å². The molecular weight excluding hydrogens is 321 g/mol. The Morgan fingerprint density at radius 2 is 2.38 bits per heavy atom. The zero-order valence-electron chi connectivity index (χ0n) is 8.45. The van der Waals surface area contributed by atoms with Gasteiger partial charge in [-0.1, -0.05) is 6.92 Å². The molecule has 2 N–H and O–H groups in total. The quantitative estimate of drug-likeness (QED) is 0.482. The van der Waals surface area contributed by atoms with Gasteiger partial charge in [-0.3, -0.25) is 0 Å². The lowest BCUT2D eigenvalue weighted by molar-refractivity contribution is 0.0379. The molecule has 1 unspecified atom stereocenters. The number of nitrogens with zero attached hydrogens (tertiary/aromatic N) is 2. The summed E-state index contributed by atoms with van der Waals surface area (Å²) in [6.45, 7) is 1.89. The maximum absolute atomic E-state index is 11.6. The van der Waals surface area contributed by atoms with Gasteiger partial charge in [-0.25, -0.2) is 9.78 Å². The molecule has 16 heavy (non-hydrogen) atoms. The molecule has 1 aromatic rings. The summed E-state index contributed by atoms with van der Waals surface area (Å²) in [7, 11) is 0. The fourth-order valence-electron chi connectivity index (χ4n) is 1.77. The highest BCUT2D eigenvalue weighted by molar-refractivity contribution is 14.1. The molecule has 82 valence electrons. The molecule has 0 aliphatic carbocycles. The van der Waals surface area contributed by atoms with E-state index >= 15 is 0 Å². The van der Waals surface area contributed by atoms with E-state index in [0.717, 1.165) is 0 Å². The molecule has 0 spiro atoms. The molecule has 1 atom stereocenters. The number of aromatic nitrogens is 1. The van der Waals surface area contributed by atoms with Gasteiger partial charge in [0.2, 0.25) is 0 Å². The molecular formula is C10H8IN3O2. The van der Waals surface area contributed by atoms with Crippen molar-refractivity contribution in [2.75, 3.05) is 5.73 Å². The first kappa shape index (κ1) is 11.1. The highest BCUT2D eigenvalue weighted by atomic mass is 127. The average molecular weight is 329 g/mol. The third-order valence-corrected chi connectivity index (χ3v) is 3.26. The van der Waals surface area contributed by atoms with E-state index in [1.807, 2.05) is 35.6 Å². The van der Waals surface area contributed by atoms with E-state index in [2.05, 4.69) is 4.98 Å². The third kappa shape index (κ3) is 1.43. The number of nitrogen functional groups attached to an aromatic ring is 1. The first-order chi connectivity index (χ1) is 7.60. The number of cyclic esters (lactones) is 1. The molecule has 0 fully saturated rings. The number of esters is 1. The van der Waals surface area contributed by atoms with Crippen molar-refractivity contribution in [3.8, 4) is 6.07 Å². The lowest BCUT2D eigenvalue weighted by atomic mass is 10.00. The van der Waals surface area contributed by atoms with Crippen molar-refractivity contribution in [3.05, 3.63) is 20.4 Å². The molecule has 0 radical (unpaired) electrons. The zero-order valence-corrected chi connectivity index (χ0v) is 10.6. The lowest BCUT2D eigenvalue weighted by Gasteiger charge is -2.09. The standard InChI is InChI=1S/C10H8IN3O2/c1-2-5-6-4(3-12)8(11)14-9(13)7(6)10(15)16-5/h5H,2H2,1H3,(H2,13,14). The number of halogens is 1. The Morgan fingerprint density at radius 3 is 2.94 bits per heavy atom. The van der Waals surface area contributed by atoms with E-state index in [-0.39, 0.29) is 17.5 Å². The van der Waals surface area contributed by atoms with E-state index in [0.29, 0.717) is 21.2 Å². The Morgan fingerprint density at radius 1 is 1.69 bits per heavy atom. The number of anilines is 1. The first-order valence-corrected chi connectivity index (χ1v) is 5.78. The Balaban J connectivity index is 2.79. The number of nitriles is 1. The molecule has 0 bridgehead atoms. The van der Waals surface area contributed by atoms with Crippen LogP contribution < -0.4 is 5.73 Å². The molecule has 1 aliphatic rings. The normalized spacial score (nSPS) is 17.8. The number of carbonyl (C=O) groups is 1. The Hall–Kier alpha value is -1.36. The smallest absolute Gasteiger partial charge is 0.342 e. The zero-order chi connectivity index (χ0) is 11.9. The summed E-state index contributed by atoms with van der Waals surface area (Å²) in [6, 6.07) is 2.05. The number of rotatable bonds is 1. The number of pyridine rings is 1. The molecule has 2 rings (SSSR count). The van der Waals surface area contributed by atoms with Crippen molar-refractivity contribution in [2.24, 2.45) is 0 Å². The minimum absolute atomic E-state index is 0.138. The Kier molecular flexibility index (Phi) is 2.71. The molecule has 0 aromatic carbocycles.